The van der Waals surface area contributed by atoms with Gasteiger partial charge in [0.2, 0.25) is 10.0 Å². The molecule has 0 aliphatic carbocycles. The number of sulfonamides is 1. The molecular formula is C13H21FN2O3S. The molecule has 1 rings (SSSR count). The van der Waals surface area contributed by atoms with Gasteiger partial charge in [-0.05, 0) is 25.1 Å². The van der Waals surface area contributed by atoms with Crippen molar-refractivity contribution in [3.8, 4) is 5.75 Å². The smallest absolute Gasteiger partial charge is 0.232 e. The number of methoxy groups -OCH3 is 1. The van der Waals surface area contributed by atoms with Crippen molar-refractivity contribution in [3.05, 3.63) is 24.0 Å². The molecular weight excluding hydrogens is 283 g/mol. The first-order chi connectivity index (χ1) is 9.34. The van der Waals surface area contributed by atoms with E-state index in [0.717, 1.165) is 6.07 Å². The minimum Gasteiger partial charge on any atom is -0.497 e. The number of halogens is 1. The summed E-state index contributed by atoms with van der Waals surface area (Å²) in [4.78, 5) is 0. The van der Waals surface area contributed by atoms with Crippen molar-refractivity contribution in [1.29, 1.82) is 0 Å². The molecule has 1 aromatic rings. The van der Waals surface area contributed by atoms with E-state index in [1.807, 2.05) is 13.8 Å². The minimum atomic E-state index is -3.57. The third-order valence-corrected chi connectivity index (χ3v) is 3.94. The molecule has 7 heteroatoms. The van der Waals surface area contributed by atoms with Crippen LogP contribution in [0.4, 0.5) is 10.1 Å². The number of nitrogens with one attached hydrogen (secondary N) is 2. The molecule has 0 fully saturated rings. The van der Waals surface area contributed by atoms with Crippen LogP contribution in [0.2, 0.25) is 0 Å². The van der Waals surface area contributed by atoms with E-state index in [1.165, 1.54) is 19.2 Å². The Bertz CT molecular complexity index is 532. The zero-order chi connectivity index (χ0) is 15.2. The summed E-state index contributed by atoms with van der Waals surface area (Å²) < 4.78 is 44.4. The highest BCUT2D eigenvalue weighted by molar-refractivity contribution is 7.92. The Morgan fingerprint density at radius 2 is 2.05 bits per heavy atom. The van der Waals surface area contributed by atoms with Gasteiger partial charge in [0.25, 0.3) is 0 Å². The van der Waals surface area contributed by atoms with Crippen LogP contribution in [-0.4, -0.2) is 33.9 Å². The summed E-state index contributed by atoms with van der Waals surface area (Å²) in [6, 6.07) is 4.22. The predicted molar refractivity (Wildman–Crippen MR) is 78.1 cm³/mol. The molecule has 114 valence electrons. The van der Waals surface area contributed by atoms with Gasteiger partial charge >= 0.3 is 0 Å². The number of benzene rings is 1. The molecule has 0 heterocycles. The average molecular weight is 304 g/mol. The second-order valence-corrected chi connectivity index (χ2v) is 6.57. The SMILES string of the molecule is COc1ccc(F)c(NS(=O)(=O)CCCNC(C)C)c1. The maximum atomic E-state index is 13.5. The van der Waals surface area contributed by atoms with Crippen molar-refractivity contribution in [2.75, 3.05) is 24.1 Å². The van der Waals surface area contributed by atoms with E-state index >= 15 is 0 Å². The second kappa shape index (κ2) is 7.44. The molecule has 0 spiro atoms. The van der Waals surface area contributed by atoms with Crippen LogP contribution in [0, 0.1) is 5.82 Å². The van der Waals surface area contributed by atoms with E-state index in [-0.39, 0.29) is 11.4 Å². The molecule has 0 bridgehead atoms. The molecule has 2 N–H and O–H groups in total. The summed E-state index contributed by atoms with van der Waals surface area (Å²) in [5.74, 6) is -0.302. The van der Waals surface area contributed by atoms with Crippen LogP contribution in [0.15, 0.2) is 18.2 Å². The molecule has 0 saturated heterocycles. The molecule has 20 heavy (non-hydrogen) atoms. The molecule has 0 atom stereocenters. The van der Waals surface area contributed by atoms with Crippen LogP contribution >= 0.6 is 0 Å². The maximum Gasteiger partial charge on any atom is 0.232 e. The largest absolute Gasteiger partial charge is 0.497 e. The molecule has 0 saturated carbocycles. The Morgan fingerprint density at radius 1 is 1.35 bits per heavy atom. The van der Waals surface area contributed by atoms with Crippen LogP contribution in [0.3, 0.4) is 0 Å². The Balaban J connectivity index is 2.62. The van der Waals surface area contributed by atoms with Crippen LogP contribution in [0.1, 0.15) is 20.3 Å². The Hall–Kier alpha value is -1.34. The van der Waals surface area contributed by atoms with Gasteiger partial charge in [0, 0.05) is 12.1 Å². The molecule has 0 aliphatic rings. The molecule has 0 radical (unpaired) electrons. The molecule has 0 unspecified atom stereocenters. The third-order valence-electron chi connectivity index (χ3n) is 2.58. The number of rotatable bonds is 8. The first-order valence-electron chi connectivity index (χ1n) is 6.41. The minimum absolute atomic E-state index is 0.0661. The number of hydrogen-bond donors (Lipinski definition) is 2. The van der Waals surface area contributed by atoms with E-state index in [0.29, 0.717) is 24.8 Å². The molecule has 0 aliphatic heterocycles. The summed E-state index contributed by atoms with van der Waals surface area (Å²) in [7, 11) is -2.13. The highest BCUT2D eigenvalue weighted by atomic mass is 32.2. The van der Waals surface area contributed by atoms with Gasteiger partial charge in [-0.2, -0.15) is 0 Å². The van der Waals surface area contributed by atoms with Gasteiger partial charge < -0.3 is 10.1 Å². The lowest BCUT2D eigenvalue weighted by Gasteiger charge is -2.11. The van der Waals surface area contributed by atoms with Gasteiger partial charge in [0.15, 0.2) is 0 Å². The van der Waals surface area contributed by atoms with Crippen molar-refractivity contribution in [2.24, 2.45) is 0 Å². The van der Waals surface area contributed by atoms with E-state index in [1.54, 1.807) is 0 Å². The Labute approximate surface area is 119 Å². The van der Waals surface area contributed by atoms with Gasteiger partial charge in [-0.25, -0.2) is 12.8 Å². The predicted octanol–water partition coefficient (Wildman–Crippen LogP) is 1.96. The summed E-state index contributed by atoms with van der Waals surface area (Å²) >= 11 is 0. The first-order valence-corrected chi connectivity index (χ1v) is 8.06. The van der Waals surface area contributed by atoms with Crippen molar-refractivity contribution < 1.29 is 17.5 Å². The fraction of sp³-hybridized carbons (Fsp3) is 0.538. The van der Waals surface area contributed by atoms with Crippen molar-refractivity contribution in [2.45, 2.75) is 26.3 Å². The lowest BCUT2D eigenvalue weighted by Crippen LogP contribution is -2.26. The topological polar surface area (TPSA) is 67.4 Å². The lowest BCUT2D eigenvalue weighted by molar-refractivity contribution is 0.414. The summed E-state index contributed by atoms with van der Waals surface area (Å²) in [6.45, 7) is 4.57. The second-order valence-electron chi connectivity index (χ2n) is 4.73. The lowest BCUT2D eigenvalue weighted by atomic mass is 10.3. The van der Waals surface area contributed by atoms with Crippen LogP contribution in [-0.2, 0) is 10.0 Å². The normalized spacial score (nSPS) is 11.7. The molecule has 0 amide bonds. The van der Waals surface area contributed by atoms with Gasteiger partial charge in [-0.1, -0.05) is 13.8 Å². The standard InChI is InChI=1S/C13H21FN2O3S/c1-10(2)15-7-4-8-20(17,18)16-13-9-11(19-3)5-6-12(13)14/h5-6,9-10,15-16H,4,7-8H2,1-3H3. The van der Waals surface area contributed by atoms with Gasteiger partial charge in [0.05, 0.1) is 18.6 Å². The monoisotopic (exact) mass is 304 g/mol. The van der Waals surface area contributed by atoms with Crippen LogP contribution in [0.25, 0.3) is 0 Å². The van der Waals surface area contributed by atoms with E-state index in [4.69, 9.17) is 4.74 Å². The third kappa shape index (κ3) is 5.75. The van der Waals surface area contributed by atoms with E-state index in [2.05, 4.69) is 10.0 Å². The molecule has 0 aromatic heterocycles. The van der Waals surface area contributed by atoms with Gasteiger partial charge in [0.1, 0.15) is 11.6 Å². The van der Waals surface area contributed by atoms with E-state index in [9.17, 15) is 12.8 Å². The Kier molecular flexibility index (Phi) is 6.22. The van der Waals surface area contributed by atoms with Gasteiger partial charge in [-0.15, -0.1) is 0 Å². The summed E-state index contributed by atoms with van der Waals surface area (Å²) in [6.07, 6.45) is 0.457. The summed E-state index contributed by atoms with van der Waals surface area (Å²) in [5.41, 5.74) is -0.0961. The highest BCUT2D eigenvalue weighted by Gasteiger charge is 2.13. The zero-order valence-corrected chi connectivity index (χ0v) is 12.8. The average Bonchev–Trinajstić information content (AvgIpc) is 2.37. The van der Waals surface area contributed by atoms with Crippen LogP contribution in [0.5, 0.6) is 5.75 Å². The fourth-order valence-electron chi connectivity index (χ4n) is 1.58. The first kappa shape index (κ1) is 16.7. The number of hydrogen-bond acceptors (Lipinski definition) is 4. The fourth-order valence-corrected chi connectivity index (χ4v) is 2.70. The van der Waals surface area contributed by atoms with Gasteiger partial charge in [-0.3, -0.25) is 4.72 Å². The number of anilines is 1. The quantitative estimate of drug-likeness (QED) is 0.721. The number of ether oxygens (including phenoxy) is 1. The zero-order valence-electron chi connectivity index (χ0n) is 11.9. The van der Waals surface area contributed by atoms with E-state index < -0.39 is 15.8 Å². The summed E-state index contributed by atoms with van der Waals surface area (Å²) in [5, 5.41) is 3.13. The highest BCUT2D eigenvalue weighted by Crippen LogP contribution is 2.22. The van der Waals surface area contributed by atoms with Crippen LogP contribution < -0.4 is 14.8 Å². The molecule has 1 aromatic carbocycles. The maximum absolute atomic E-state index is 13.5. The van der Waals surface area contributed by atoms with Crippen molar-refractivity contribution >= 4 is 15.7 Å². The van der Waals surface area contributed by atoms with Crippen molar-refractivity contribution in [3.63, 3.8) is 0 Å². The van der Waals surface area contributed by atoms with Crippen molar-refractivity contribution in [1.82, 2.24) is 5.32 Å². The Morgan fingerprint density at radius 3 is 2.65 bits per heavy atom. The molecule has 5 nitrogen and oxygen atoms in total.